The number of nitrogens with one attached hydrogen (secondary N) is 2. The molecule has 0 spiro atoms. The molecule has 0 bridgehead atoms. The zero-order valence-corrected chi connectivity index (χ0v) is 17.1. The van der Waals surface area contributed by atoms with E-state index in [1.54, 1.807) is 6.21 Å². The number of ether oxygens (including phenoxy) is 1. The number of nitrogens with zero attached hydrogens (tertiary/aromatic N) is 2. The molecule has 2 aromatic carbocycles. The molecule has 0 aliphatic heterocycles. The molecule has 0 saturated heterocycles. The molecule has 0 aliphatic carbocycles. The molecule has 0 radical (unpaired) electrons. The Morgan fingerprint density at radius 2 is 1.70 bits per heavy atom. The standard InChI is InChI=1S/C21H28N4OS/c1-4-25(5-2)19-11-7-18(8-12-19)16-23-24-21(27)22-15-17-9-13-20(14-10-17)26-6-3/h7-14,16H,4-6,15H2,1-3H3,(H2,22,24,27)/b23-16-. The fourth-order valence-corrected chi connectivity index (χ4v) is 2.74. The van der Waals surface area contributed by atoms with Crippen molar-refractivity contribution in [1.29, 1.82) is 0 Å². The van der Waals surface area contributed by atoms with Gasteiger partial charge in [-0.05, 0) is 68.4 Å². The maximum Gasteiger partial charge on any atom is 0.187 e. The van der Waals surface area contributed by atoms with E-state index in [4.69, 9.17) is 17.0 Å². The average molecular weight is 385 g/mol. The van der Waals surface area contributed by atoms with Gasteiger partial charge in [-0.1, -0.05) is 24.3 Å². The van der Waals surface area contributed by atoms with Gasteiger partial charge in [-0.25, -0.2) is 0 Å². The van der Waals surface area contributed by atoms with Gasteiger partial charge in [0.25, 0.3) is 0 Å². The Morgan fingerprint density at radius 1 is 1.04 bits per heavy atom. The number of thiocarbonyl (C=S) groups is 1. The summed E-state index contributed by atoms with van der Waals surface area (Å²) >= 11 is 5.26. The molecule has 0 heterocycles. The number of benzene rings is 2. The van der Waals surface area contributed by atoms with Crippen molar-refractivity contribution in [3.8, 4) is 5.75 Å². The molecule has 2 N–H and O–H groups in total. The fourth-order valence-electron chi connectivity index (χ4n) is 2.62. The maximum atomic E-state index is 5.43. The largest absolute Gasteiger partial charge is 0.494 e. The average Bonchev–Trinajstić information content (AvgIpc) is 2.70. The molecular weight excluding hydrogens is 356 g/mol. The van der Waals surface area contributed by atoms with Crippen LogP contribution in [0, 0.1) is 0 Å². The van der Waals surface area contributed by atoms with Gasteiger partial charge < -0.3 is 15.0 Å². The first-order valence-corrected chi connectivity index (χ1v) is 9.70. The van der Waals surface area contributed by atoms with Gasteiger partial charge in [-0.3, -0.25) is 5.43 Å². The second-order valence-electron chi connectivity index (χ2n) is 5.89. The van der Waals surface area contributed by atoms with Crippen molar-refractivity contribution in [1.82, 2.24) is 10.7 Å². The third-order valence-electron chi connectivity index (χ3n) is 4.09. The summed E-state index contributed by atoms with van der Waals surface area (Å²) in [6, 6.07) is 16.3. The van der Waals surface area contributed by atoms with Crippen LogP contribution in [-0.2, 0) is 6.54 Å². The zero-order chi connectivity index (χ0) is 19.5. The smallest absolute Gasteiger partial charge is 0.187 e. The Bertz CT molecular complexity index is 725. The molecule has 0 saturated carbocycles. The summed E-state index contributed by atoms with van der Waals surface area (Å²) in [7, 11) is 0. The second-order valence-corrected chi connectivity index (χ2v) is 6.30. The lowest BCUT2D eigenvalue weighted by atomic mass is 10.2. The predicted molar refractivity (Wildman–Crippen MR) is 118 cm³/mol. The minimum absolute atomic E-state index is 0.486. The highest BCUT2D eigenvalue weighted by Crippen LogP contribution is 2.14. The summed E-state index contributed by atoms with van der Waals surface area (Å²) in [6.45, 7) is 9.58. The summed E-state index contributed by atoms with van der Waals surface area (Å²) in [5.41, 5.74) is 6.21. The van der Waals surface area contributed by atoms with E-state index in [9.17, 15) is 0 Å². The van der Waals surface area contributed by atoms with E-state index in [0.29, 0.717) is 18.3 Å². The molecule has 2 aromatic rings. The van der Waals surface area contributed by atoms with Gasteiger partial charge in [0.2, 0.25) is 0 Å². The molecule has 0 atom stereocenters. The summed E-state index contributed by atoms with van der Waals surface area (Å²) in [5.74, 6) is 0.874. The Labute approximate surface area is 167 Å². The van der Waals surface area contributed by atoms with E-state index in [1.807, 2.05) is 31.2 Å². The van der Waals surface area contributed by atoms with Crippen LogP contribution < -0.4 is 20.4 Å². The van der Waals surface area contributed by atoms with Gasteiger partial charge in [0.1, 0.15) is 5.75 Å². The van der Waals surface area contributed by atoms with Crippen molar-refractivity contribution < 1.29 is 4.74 Å². The van der Waals surface area contributed by atoms with Crippen LogP contribution in [0.5, 0.6) is 5.75 Å². The highest BCUT2D eigenvalue weighted by molar-refractivity contribution is 7.80. The Kier molecular flexibility index (Phi) is 8.58. The first-order chi connectivity index (χ1) is 13.2. The van der Waals surface area contributed by atoms with Crippen LogP contribution in [0.25, 0.3) is 0 Å². The summed E-state index contributed by atoms with van der Waals surface area (Å²) in [5, 5.41) is 7.82. The molecule has 144 valence electrons. The van der Waals surface area contributed by atoms with E-state index in [1.165, 1.54) is 5.69 Å². The van der Waals surface area contributed by atoms with Crippen molar-refractivity contribution in [2.45, 2.75) is 27.3 Å². The third-order valence-corrected chi connectivity index (χ3v) is 4.32. The van der Waals surface area contributed by atoms with Gasteiger partial charge in [-0.15, -0.1) is 0 Å². The van der Waals surface area contributed by atoms with Gasteiger partial charge in [0.15, 0.2) is 5.11 Å². The summed E-state index contributed by atoms with van der Waals surface area (Å²) < 4.78 is 5.43. The minimum Gasteiger partial charge on any atom is -0.494 e. The molecule has 0 fully saturated rings. The van der Waals surface area contributed by atoms with E-state index in [2.05, 4.69) is 58.9 Å². The van der Waals surface area contributed by atoms with Crippen molar-refractivity contribution in [2.75, 3.05) is 24.6 Å². The third kappa shape index (κ3) is 6.90. The number of hydrazone groups is 1. The molecular formula is C21H28N4OS. The summed E-state index contributed by atoms with van der Waals surface area (Å²) in [6.07, 6.45) is 1.76. The minimum atomic E-state index is 0.486. The Hall–Kier alpha value is -2.60. The van der Waals surface area contributed by atoms with Crippen LogP contribution in [0.1, 0.15) is 31.9 Å². The molecule has 27 heavy (non-hydrogen) atoms. The first kappa shape index (κ1) is 20.7. The highest BCUT2D eigenvalue weighted by Gasteiger charge is 2.00. The summed E-state index contributed by atoms with van der Waals surface area (Å²) in [4.78, 5) is 2.30. The van der Waals surface area contributed by atoms with Crippen LogP contribution in [0.4, 0.5) is 5.69 Å². The Balaban J connectivity index is 1.77. The van der Waals surface area contributed by atoms with Crippen molar-refractivity contribution in [3.63, 3.8) is 0 Å². The highest BCUT2D eigenvalue weighted by atomic mass is 32.1. The second kappa shape index (κ2) is 11.2. The van der Waals surface area contributed by atoms with E-state index in [-0.39, 0.29) is 0 Å². The first-order valence-electron chi connectivity index (χ1n) is 9.29. The monoisotopic (exact) mass is 384 g/mol. The van der Waals surface area contributed by atoms with Gasteiger partial charge in [-0.2, -0.15) is 5.10 Å². The lowest BCUT2D eigenvalue weighted by Crippen LogP contribution is -2.31. The lowest BCUT2D eigenvalue weighted by Gasteiger charge is -2.20. The molecule has 0 unspecified atom stereocenters. The molecule has 6 heteroatoms. The zero-order valence-electron chi connectivity index (χ0n) is 16.2. The molecule has 0 aromatic heterocycles. The molecule has 5 nitrogen and oxygen atoms in total. The quantitative estimate of drug-likeness (QED) is 0.390. The normalized spacial score (nSPS) is 10.6. The number of hydrogen-bond acceptors (Lipinski definition) is 4. The van der Waals surface area contributed by atoms with Crippen LogP contribution in [0.2, 0.25) is 0 Å². The van der Waals surface area contributed by atoms with Crippen molar-refractivity contribution >= 4 is 29.2 Å². The van der Waals surface area contributed by atoms with E-state index < -0.39 is 0 Å². The van der Waals surface area contributed by atoms with E-state index in [0.717, 1.165) is 30.0 Å². The number of hydrogen-bond donors (Lipinski definition) is 2. The van der Waals surface area contributed by atoms with Gasteiger partial charge >= 0.3 is 0 Å². The van der Waals surface area contributed by atoms with E-state index >= 15 is 0 Å². The number of rotatable bonds is 9. The predicted octanol–water partition coefficient (Wildman–Crippen LogP) is 3.93. The fraction of sp³-hybridized carbons (Fsp3) is 0.333. The molecule has 0 amide bonds. The molecule has 0 aliphatic rings. The van der Waals surface area contributed by atoms with Crippen LogP contribution in [-0.4, -0.2) is 31.0 Å². The van der Waals surface area contributed by atoms with Crippen LogP contribution >= 0.6 is 12.2 Å². The van der Waals surface area contributed by atoms with Crippen molar-refractivity contribution in [3.05, 3.63) is 59.7 Å². The SMILES string of the molecule is CCOc1ccc(CNC(=S)N/N=C\c2ccc(N(CC)CC)cc2)cc1. The van der Waals surface area contributed by atoms with Gasteiger partial charge in [0, 0.05) is 25.3 Å². The Morgan fingerprint density at radius 3 is 2.30 bits per heavy atom. The lowest BCUT2D eigenvalue weighted by molar-refractivity contribution is 0.340. The molecule has 2 rings (SSSR count). The topological polar surface area (TPSA) is 48.9 Å². The number of anilines is 1. The van der Waals surface area contributed by atoms with Crippen molar-refractivity contribution in [2.24, 2.45) is 5.10 Å². The van der Waals surface area contributed by atoms with Crippen LogP contribution in [0.15, 0.2) is 53.6 Å². The maximum absolute atomic E-state index is 5.43. The van der Waals surface area contributed by atoms with Crippen LogP contribution in [0.3, 0.4) is 0 Å². The van der Waals surface area contributed by atoms with Gasteiger partial charge in [0.05, 0.1) is 12.8 Å².